The Labute approximate surface area is 223 Å². The van der Waals surface area contributed by atoms with Gasteiger partial charge in [-0.2, -0.15) is 0 Å². The van der Waals surface area contributed by atoms with Gasteiger partial charge in [-0.3, -0.25) is 9.59 Å². The van der Waals surface area contributed by atoms with Gasteiger partial charge in [0.15, 0.2) is 0 Å². The maximum atomic E-state index is 14.8. The molecule has 3 aromatic rings. The number of aliphatic carboxylic acids is 1. The van der Waals surface area contributed by atoms with Crippen molar-refractivity contribution in [2.75, 3.05) is 18.5 Å². The van der Waals surface area contributed by atoms with E-state index in [1.54, 1.807) is 24.3 Å². The lowest BCUT2D eigenvalue weighted by Gasteiger charge is -2.24. The summed E-state index contributed by atoms with van der Waals surface area (Å²) in [5.74, 6) is -2.86. The Kier molecular flexibility index (Phi) is 9.72. The van der Waals surface area contributed by atoms with E-state index in [0.717, 1.165) is 17.8 Å². The Bertz CT molecular complexity index is 1250. The zero-order chi connectivity index (χ0) is 27.1. The van der Waals surface area contributed by atoms with Crippen LogP contribution in [0.1, 0.15) is 30.6 Å². The molecule has 0 aliphatic carbocycles. The van der Waals surface area contributed by atoms with Crippen LogP contribution in [0.5, 0.6) is 5.75 Å². The van der Waals surface area contributed by atoms with Crippen LogP contribution in [0.3, 0.4) is 0 Å². The van der Waals surface area contributed by atoms with Gasteiger partial charge < -0.3 is 20.5 Å². The number of nitrogens with one attached hydrogen (secondary N) is 2. The maximum Gasteiger partial charge on any atom is 0.305 e. The van der Waals surface area contributed by atoms with Crippen LogP contribution in [0.15, 0.2) is 54.6 Å². The molecule has 1 atom stereocenters. The zero-order valence-corrected chi connectivity index (χ0v) is 21.7. The molecule has 3 N–H and O–H groups in total. The fourth-order valence-corrected chi connectivity index (χ4v) is 3.99. The second-order valence-electron chi connectivity index (χ2n) is 8.67. The third-order valence-corrected chi connectivity index (χ3v) is 6.12. The van der Waals surface area contributed by atoms with Crippen molar-refractivity contribution < 1.29 is 28.2 Å². The van der Waals surface area contributed by atoms with E-state index >= 15 is 0 Å². The van der Waals surface area contributed by atoms with Crippen molar-refractivity contribution in [1.82, 2.24) is 5.32 Å². The lowest BCUT2D eigenvalue weighted by Crippen LogP contribution is -2.32. The average molecular weight is 551 g/mol. The van der Waals surface area contributed by atoms with Gasteiger partial charge in [0.1, 0.15) is 24.0 Å². The molecule has 1 unspecified atom stereocenters. The maximum absolute atomic E-state index is 14.8. The van der Waals surface area contributed by atoms with Gasteiger partial charge in [0.05, 0.1) is 23.0 Å². The van der Waals surface area contributed by atoms with Crippen molar-refractivity contribution in [2.24, 2.45) is 5.92 Å². The van der Waals surface area contributed by atoms with Crippen LogP contribution >= 0.6 is 23.2 Å². The molecule has 0 spiro atoms. The predicted molar refractivity (Wildman–Crippen MR) is 141 cm³/mol. The molecule has 6 nitrogen and oxygen atoms in total. The Morgan fingerprint density at radius 3 is 2.22 bits per heavy atom. The summed E-state index contributed by atoms with van der Waals surface area (Å²) in [5, 5.41) is 15.0. The normalized spacial score (nSPS) is 11.8. The Morgan fingerprint density at radius 1 is 1.00 bits per heavy atom. The summed E-state index contributed by atoms with van der Waals surface area (Å²) < 4.78 is 35.4. The van der Waals surface area contributed by atoms with Gasteiger partial charge in [0.25, 0.3) is 5.91 Å². The number of amides is 1. The highest BCUT2D eigenvalue weighted by atomic mass is 35.5. The largest absolute Gasteiger partial charge is 0.491 e. The molecule has 0 bridgehead atoms. The lowest BCUT2D eigenvalue weighted by atomic mass is 10.0. The summed E-state index contributed by atoms with van der Waals surface area (Å²) in [6, 6.07) is 13.0. The van der Waals surface area contributed by atoms with E-state index in [2.05, 4.69) is 10.6 Å². The van der Waals surface area contributed by atoms with Gasteiger partial charge in [0, 0.05) is 40.5 Å². The summed E-state index contributed by atoms with van der Waals surface area (Å²) in [5.41, 5.74) is 1.03. The van der Waals surface area contributed by atoms with Crippen molar-refractivity contribution >= 4 is 40.8 Å². The molecular formula is C27H26Cl2F2N2O4. The molecule has 0 heterocycles. The quantitative estimate of drug-likeness (QED) is 0.248. The smallest absolute Gasteiger partial charge is 0.305 e. The average Bonchev–Trinajstić information content (AvgIpc) is 2.82. The van der Waals surface area contributed by atoms with Crippen LogP contribution in [-0.2, 0) is 4.79 Å². The van der Waals surface area contributed by atoms with Gasteiger partial charge in [-0.15, -0.1) is 0 Å². The van der Waals surface area contributed by atoms with E-state index in [1.807, 2.05) is 13.8 Å². The van der Waals surface area contributed by atoms with Crippen molar-refractivity contribution in [2.45, 2.75) is 26.3 Å². The first-order valence-electron chi connectivity index (χ1n) is 11.5. The van der Waals surface area contributed by atoms with Gasteiger partial charge in [0.2, 0.25) is 0 Å². The molecule has 1 amide bonds. The summed E-state index contributed by atoms with van der Waals surface area (Å²) in [6.45, 7) is 4.10. The molecule has 0 saturated carbocycles. The molecule has 0 aliphatic heterocycles. The second kappa shape index (κ2) is 12.7. The second-order valence-corrected chi connectivity index (χ2v) is 9.51. The molecule has 0 radical (unpaired) electrons. The van der Waals surface area contributed by atoms with Crippen LogP contribution in [0.2, 0.25) is 10.0 Å². The SMILES string of the molecule is CC(C)C(COc1cc(F)c(-c2ccc(Cl)cc2Cl)c(F)c1)Nc1ccc(C(=O)NCCC(=O)O)cc1. The Balaban J connectivity index is 1.65. The fourth-order valence-electron chi connectivity index (χ4n) is 3.49. The molecule has 0 saturated heterocycles. The first-order chi connectivity index (χ1) is 17.5. The number of carboxylic acid groups (broad SMARTS) is 1. The van der Waals surface area contributed by atoms with E-state index in [1.165, 1.54) is 18.2 Å². The number of carbonyl (C=O) groups excluding carboxylic acids is 1. The molecule has 3 rings (SSSR count). The number of anilines is 1. The number of carbonyl (C=O) groups is 2. The standard InChI is InChI=1S/C27H26Cl2F2N2O4/c1-15(2)24(33-18-6-3-16(4-7-18)27(36)32-10-9-25(34)35)14-37-19-12-22(30)26(23(31)13-19)20-8-5-17(28)11-21(20)29/h3-8,11-13,15,24,33H,9-10,14H2,1-2H3,(H,32,36)(H,34,35). The van der Waals surface area contributed by atoms with Crippen molar-refractivity contribution in [3.8, 4) is 16.9 Å². The van der Waals surface area contributed by atoms with Gasteiger partial charge in [-0.25, -0.2) is 8.78 Å². The predicted octanol–water partition coefficient (Wildman–Crippen LogP) is 6.66. The van der Waals surface area contributed by atoms with Crippen molar-refractivity contribution in [1.29, 1.82) is 0 Å². The number of ether oxygens (including phenoxy) is 1. The number of carboxylic acids is 1. The van der Waals surface area contributed by atoms with E-state index < -0.39 is 17.6 Å². The first-order valence-corrected chi connectivity index (χ1v) is 12.2. The summed E-state index contributed by atoms with van der Waals surface area (Å²) in [4.78, 5) is 22.7. The summed E-state index contributed by atoms with van der Waals surface area (Å²) in [6.07, 6.45) is -0.160. The molecular weight excluding hydrogens is 525 g/mol. The minimum absolute atomic E-state index is 0.0321. The highest BCUT2D eigenvalue weighted by Gasteiger charge is 2.19. The number of hydrogen-bond acceptors (Lipinski definition) is 4. The highest BCUT2D eigenvalue weighted by Crippen LogP contribution is 2.35. The number of benzene rings is 3. The summed E-state index contributed by atoms with van der Waals surface area (Å²) >= 11 is 12.0. The van der Waals surface area contributed by atoms with Crippen LogP contribution < -0.4 is 15.4 Å². The summed E-state index contributed by atoms with van der Waals surface area (Å²) in [7, 11) is 0. The molecule has 3 aromatic carbocycles. The third-order valence-electron chi connectivity index (χ3n) is 5.57. The minimum Gasteiger partial charge on any atom is -0.491 e. The van der Waals surface area contributed by atoms with E-state index in [0.29, 0.717) is 10.6 Å². The molecule has 196 valence electrons. The Morgan fingerprint density at radius 2 is 1.65 bits per heavy atom. The zero-order valence-electron chi connectivity index (χ0n) is 20.2. The van der Waals surface area contributed by atoms with E-state index in [9.17, 15) is 18.4 Å². The first kappa shape index (κ1) is 28.2. The number of halogens is 4. The highest BCUT2D eigenvalue weighted by molar-refractivity contribution is 6.36. The van der Waals surface area contributed by atoms with Gasteiger partial charge >= 0.3 is 5.97 Å². The van der Waals surface area contributed by atoms with Gasteiger partial charge in [-0.05, 0) is 42.3 Å². The van der Waals surface area contributed by atoms with Crippen molar-refractivity contribution in [3.05, 3.63) is 81.8 Å². The van der Waals surface area contributed by atoms with Crippen LogP contribution in [-0.4, -0.2) is 36.2 Å². The molecule has 0 fully saturated rings. The van der Waals surface area contributed by atoms with E-state index in [4.69, 9.17) is 33.0 Å². The van der Waals surface area contributed by atoms with Gasteiger partial charge in [-0.1, -0.05) is 43.1 Å². The third kappa shape index (κ3) is 7.81. The molecule has 0 aliphatic rings. The van der Waals surface area contributed by atoms with Crippen LogP contribution in [0.4, 0.5) is 14.5 Å². The van der Waals surface area contributed by atoms with Crippen molar-refractivity contribution in [3.63, 3.8) is 0 Å². The number of rotatable bonds is 11. The topological polar surface area (TPSA) is 87.7 Å². The van der Waals surface area contributed by atoms with Crippen LogP contribution in [0.25, 0.3) is 11.1 Å². The lowest BCUT2D eigenvalue weighted by molar-refractivity contribution is -0.136. The fraction of sp³-hybridized carbons (Fsp3) is 0.259. The molecule has 37 heavy (non-hydrogen) atoms. The van der Waals surface area contributed by atoms with E-state index in [-0.39, 0.29) is 59.3 Å². The molecule has 10 heteroatoms. The number of hydrogen-bond donors (Lipinski definition) is 3. The Hall–Kier alpha value is -3.36. The van der Waals surface area contributed by atoms with Crippen LogP contribution in [0, 0.1) is 17.6 Å². The minimum atomic E-state index is -0.992. The monoisotopic (exact) mass is 550 g/mol. The molecule has 0 aromatic heterocycles.